The Bertz CT molecular complexity index is 1070. The number of hydrogen-bond acceptors (Lipinski definition) is 4. The van der Waals surface area contributed by atoms with Crippen molar-refractivity contribution in [1.82, 2.24) is 19.6 Å². The summed E-state index contributed by atoms with van der Waals surface area (Å²) in [5, 5.41) is 14.1. The van der Waals surface area contributed by atoms with Crippen LogP contribution in [0.5, 0.6) is 0 Å². The fourth-order valence-corrected chi connectivity index (χ4v) is 3.77. The van der Waals surface area contributed by atoms with Gasteiger partial charge >= 0.3 is 0 Å². The highest BCUT2D eigenvalue weighted by atomic mass is 19.1. The summed E-state index contributed by atoms with van der Waals surface area (Å²) in [5.41, 5.74) is 1.61. The molecule has 2 heterocycles. The molecule has 0 atom stereocenters. The van der Waals surface area contributed by atoms with E-state index in [-0.39, 0.29) is 23.3 Å². The fourth-order valence-electron chi connectivity index (χ4n) is 3.77. The first kappa shape index (κ1) is 20.8. The first-order valence-corrected chi connectivity index (χ1v) is 10.4. The third-order valence-corrected chi connectivity index (χ3v) is 5.49. The second-order valence-electron chi connectivity index (χ2n) is 7.87. The van der Waals surface area contributed by atoms with Gasteiger partial charge in [-0.15, -0.1) is 0 Å². The summed E-state index contributed by atoms with van der Waals surface area (Å²) in [6.07, 6.45) is 8.36. The average Bonchev–Trinajstić information content (AvgIpc) is 3.36. The van der Waals surface area contributed by atoms with Gasteiger partial charge in [-0.05, 0) is 30.5 Å². The molecule has 0 aliphatic heterocycles. The Morgan fingerprint density at radius 3 is 2.61 bits per heavy atom. The van der Waals surface area contributed by atoms with Crippen LogP contribution in [0.2, 0.25) is 0 Å². The van der Waals surface area contributed by atoms with Crippen LogP contribution in [0.25, 0.3) is 0 Å². The number of nitrogens with zero attached hydrogens (tertiary/aromatic N) is 4. The SMILES string of the molecule is Cn1nc(C(=O)Nc2cnn(Cc3ccc(F)cc3)c2)cc1NC(=O)C1CCCCC1. The summed E-state index contributed by atoms with van der Waals surface area (Å²) < 4.78 is 16.2. The van der Waals surface area contributed by atoms with Gasteiger partial charge in [-0.1, -0.05) is 31.4 Å². The molecule has 8 nitrogen and oxygen atoms in total. The lowest BCUT2D eigenvalue weighted by Crippen LogP contribution is -2.25. The molecule has 162 valence electrons. The third-order valence-electron chi connectivity index (χ3n) is 5.49. The lowest BCUT2D eigenvalue weighted by molar-refractivity contribution is -0.120. The van der Waals surface area contributed by atoms with Gasteiger partial charge in [0.1, 0.15) is 11.6 Å². The number of aryl methyl sites for hydroxylation is 1. The smallest absolute Gasteiger partial charge is 0.276 e. The Balaban J connectivity index is 1.36. The number of amides is 2. The number of anilines is 2. The van der Waals surface area contributed by atoms with Gasteiger partial charge in [0.15, 0.2) is 5.69 Å². The number of halogens is 1. The van der Waals surface area contributed by atoms with Gasteiger partial charge in [0.2, 0.25) is 5.91 Å². The van der Waals surface area contributed by atoms with Crippen molar-refractivity contribution in [2.45, 2.75) is 38.6 Å². The van der Waals surface area contributed by atoms with Crippen LogP contribution in [0.4, 0.5) is 15.9 Å². The number of rotatable bonds is 6. The van der Waals surface area contributed by atoms with E-state index >= 15 is 0 Å². The molecule has 0 unspecified atom stereocenters. The quantitative estimate of drug-likeness (QED) is 0.633. The van der Waals surface area contributed by atoms with Crippen LogP contribution < -0.4 is 10.6 Å². The van der Waals surface area contributed by atoms with Gasteiger partial charge in [0.05, 0.1) is 18.4 Å². The molecule has 1 fully saturated rings. The van der Waals surface area contributed by atoms with E-state index in [1.807, 2.05) is 0 Å². The number of benzene rings is 1. The van der Waals surface area contributed by atoms with Crippen molar-refractivity contribution in [3.05, 3.63) is 59.8 Å². The zero-order valence-electron chi connectivity index (χ0n) is 17.3. The number of carbonyl (C=O) groups excluding carboxylic acids is 2. The molecule has 0 radical (unpaired) electrons. The lowest BCUT2D eigenvalue weighted by Gasteiger charge is -2.20. The minimum absolute atomic E-state index is 0.0169. The van der Waals surface area contributed by atoms with E-state index in [4.69, 9.17) is 0 Å². The molecule has 0 bridgehead atoms. The average molecular weight is 424 g/mol. The van der Waals surface area contributed by atoms with Crippen molar-refractivity contribution in [2.75, 3.05) is 10.6 Å². The second kappa shape index (κ2) is 9.11. The Hall–Kier alpha value is -3.49. The topological polar surface area (TPSA) is 93.8 Å². The van der Waals surface area contributed by atoms with Crippen LogP contribution in [0.3, 0.4) is 0 Å². The Morgan fingerprint density at radius 1 is 1.13 bits per heavy atom. The molecule has 0 spiro atoms. The van der Waals surface area contributed by atoms with Crippen molar-refractivity contribution in [3.8, 4) is 0 Å². The highest BCUT2D eigenvalue weighted by Gasteiger charge is 2.23. The van der Waals surface area contributed by atoms with Crippen LogP contribution in [0.1, 0.15) is 48.2 Å². The van der Waals surface area contributed by atoms with E-state index in [1.54, 1.807) is 36.1 Å². The van der Waals surface area contributed by atoms with E-state index in [9.17, 15) is 14.0 Å². The van der Waals surface area contributed by atoms with E-state index in [2.05, 4.69) is 20.8 Å². The molecule has 31 heavy (non-hydrogen) atoms. The zero-order valence-corrected chi connectivity index (χ0v) is 17.3. The minimum atomic E-state index is -0.393. The van der Waals surface area contributed by atoms with Crippen LogP contribution in [-0.2, 0) is 18.4 Å². The molecule has 9 heteroatoms. The first-order valence-electron chi connectivity index (χ1n) is 10.4. The van der Waals surface area contributed by atoms with Crippen molar-refractivity contribution >= 4 is 23.3 Å². The normalized spacial score (nSPS) is 14.4. The molecular weight excluding hydrogens is 399 g/mol. The van der Waals surface area contributed by atoms with Crippen LogP contribution in [-0.4, -0.2) is 31.4 Å². The minimum Gasteiger partial charge on any atom is -0.318 e. The molecule has 0 saturated heterocycles. The predicted molar refractivity (Wildman–Crippen MR) is 114 cm³/mol. The third kappa shape index (κ3) is 5.17. The van der Waals surface area contributed by atoms with Crippen LogP contribution in [0.15, 0.2) is 42.7 Å². The van der Waals surface area contributed by atoms with Gasteiger partial charge in [0.25, 0.3) is 5.91 Å². The number of hydrogen-bond donors (Lipinski definition) is 2. The van der Waals surface area contributed by atoms with Crippen LogP contribution >= 0.6 is 0 Å². The molecule has 2 amide bonds. The number of aromatic nitrogens is 4. The largest absolute Gasteiger partial charge is 0.318 e. The van der Waals surface area contributed by atoms with Gasteiger partial charge in [-0.3, -0.25) is 19.0 Å². The summed E-state index contributed by atoms with van der Waals surface area (Å²) >= 11 is 0. The van der Waals surface area contributed by atoms with Gasteiger partial charge < -0.3 is 10.6 Å². The monoisotopic (exact) mass is 424 g/mol. The highest BCUT2D eigenvalue weighted by Crippen LogP contribution is 2.25. The Morgan fingerprint density at radius 2 is 1.87 bits per heavy atom. The standard InChI is InChI=1S/C22H25FN6O2/c1-28-20(26-21(30)16-5-3-2-4-6-16)11-19(27-28)22(31)25-18-12-24-29(14-18)13-15-7-9-17(23)10-8-15/h7-12,14,16H,2-6,13H2,1H3,(H,25,31)(H,26,30). The Kier molecular flexibility index (Phi) is 6.11. The predicted octanol–water partition coefficient (Wildman–Crippen LogP) is 3.58. The molecule has 1 aromatic carbocycles. The van der Waals surface area contributed by atoms with Crippen molar-refractivity contribution < 1.29 is 14.0 Å². The summed E-state index contributed by atoms with van der Waals surface area (Å²) in [4.78, 5) is 25.1. The highest BCUT2D eigenvalue weighted by molar-refractivity contribution is 6.03. The number of carbonyl (C=O) groups is 2. The maximum atomic E-state index is 13.0. The Labute approximate surface area is 179 Å². The molecule has 1 aliphatic carbocycles. The van der Waals surface area contributed by atoms with Crippen molar-refractivity contribution in [1.29, 1.82) is 0 Å². The van der Waals surface area contributed by atoms with E-state index in [0.717, 1.165) is 31.2 Å². The van der Waals surface area contributed by atoms with Gasteiger partial charge in [-0.25, -0.2) is 4.39 Å². The molecule has 1 aliphatic rings. The molecule has 4 rings (SSSR count). The van der Waals surface area contributed by atoms with Gasteiger partial charge in [-0.2, -0.15) is 10.2 Å². The summed E-state index contributed by atoms with van der Waals surface area (Å²) in [5.74, 6) is -0.186. The molecular formula is C22H25FN6O2. The molecule has 1 saturated carbocycles. The van der Waals surface area contributed by atoms with E-state index < -0.39 is 5.91 Å². The molecule has 2 N–H and O–H groups in total. The molecule has 3 aromatic rings. The zero-order chi connectivity index (χ0) is 21.8. The number of nitrogens with one attached hydrogen (secondary N) is 2. The first-order chi connectivity index (χ1) is 15.0. The summed E-state index contributed by atoms with van der Waals surface area (Å²) in [6, 6.07) is 7.73. The van der Waals surface area contributed by atoms with Crippen molar-refractivity contribution in [2.24, 2.45) is 13.0 Å². The summed E-state index contributed by atoms with van der Waals surface area (Å²) in [6.45, 7) is 0.455. The molecule has 2 aromatic heterocycles. The van der Waals surface area contributed by atoms with Crippen molar-refractivity contribution in [3.63, 3.8) is 0 Å². The maximum absolute atomic E-state index is 13.0. The van der Waals surface area contributed by atoms with E-state index in [1.165, 1.54) is 29.4 Å². The lowest BCUT2D eigenvalue weighted by atomic mass is 9.89. The second-order valence-corrected chi connectivity index (χ2v) is 7.87. The maximum Gasteiger partial charge on any atom is 0.276 e. The van der Waals surface area contributed by atoms with E-state index in [0.29, 0.717) is 18.1 Å². The summed E-state index contributed by atoms with van der Waals surface area (Å²) in [7, 11) is 1.69. The van der Waals surface area contributed by atoms with Crippen LogP contribution in [0, 0.1) is 11.7 Å². The van der Waals surface area contributed by atoms with Gasteiger partial charge in [0, 0.05) is 25.2 Å². The fraction of sp³-hybridized carbons (Fsp3) is 0.364.